The first-order valence-electron chi connectivity index (χ1n) is 17.3. The standard InChI is InChI=1S/C50H32/c1-2-13-33(14-3-1)36-27-28-46-48(31-36)50(40-26-25-34-15-4-5-16-35(34)29-40)45-24-11-10-23-44(45)49(46)39-19-12-18-37(30-39)47-32-38-17-6-7-20-41(38)42-21-8-9-22-43(42)47/h1-32H. The van der Waals surface area contributed by atoms with Crippen LogP contribution in [-0.4, -0.2) is 0 Å². The normalized spacial score (nSPS) is 11.6. The average Bonchev–Trinajstić information content (AvgIpc) is 3.19. The summed E-state index contributed by atoms with van der Waals surface area (Å²) in [5.41, 5.74) is 9.93. The van der Waals surface area contributed by atoms with E-state index in [1.165, 1.54) is 98.4 Å². The van der Waals surface area contributed by atoms with Crippen molar-refractivity contribution in [1.29, 1.82) is 0 Å². The lowest BCUT2D eigenvalue weighted by Crippen LogP contribution is -1.92. The molecule has 0 heteroatoms. The molecule has 0 aromatic heterocycles. The molecule has 50 heavy (non-hydrogen) atoms. The second kappa shape index (κ2) is 11.6. The number of rotatable bonds is 4. The molecular formula is C50H32. The van der Waals surface area contributed by atoms with E-state index in [0.717, 1.165) is 0 Å². The highest BCUT2D eigenvalue weighted by Gasteiger charge is 2.19. The average molecular weight is 633 g/mol. The minimum absolute atomic E-state index is 1.22. The monoisotopic (exact) mass is 632 g/mol. The summed E-state index contributed by atoms with van der Waals surface area (Å²) < 4.78 is 0. The fourth-order valence-corrected chi connectivity index (χ4v) is 8.09. The largest absolute Gasteiger partial charge is 0.0622 e. The van der Waals surface area contributed by atoms with Crippen LogP contribution in [0, 0.1) is 0 Å². The summed E-state index contributed by atoms with van der Waals surface area (Å²) in [6, 6.07) is 71.4. The molecule has 0 N–H and O–H groups in total. The minimum atomic E-state index is 1.22. The Morgan fingerprint density at radius 2 is 0.740 bits per heavy atom. The lowest BCUT2D eigenvalue weighted by atomic mass is 9.84. The van der Waals surface area contributed by atoms with Crippen molar-refractivity contribution in [2.75, 3.05) is 0 Å². The van der Waals surface area contributed by atoms with E-state index in [1.54, 1.807) is 0 Å². The Labute approximate surface area is 291 Å². The van der Waals surface area contributed by atoms with Gasteiger partial charge in [0.2, 0.25) is 0 Å². The van der Waals surface area contributed by atoms with E-state index in [0.29, 0.717) is 0 Å². The van der Waals surface area contributed by atoms with Crippen LogP contribution in [0.25, 0.3) is 98.4 Å². The van der Waals surface area contributed by atoms with Crippen molar-refractivity contribution in [3.8, 4) is 44.5 Å². The van der Waals surface area contributed by atoms with Crippen LogP contribution in [0.15, 0.2) is 194 Å². The first-order valence-corrected chi connectivity index (χ1v) is 17.3. The molecular weight excluding hydrogens is 601 g/mol. The van der Waals surface area contributed by atoms with Crippen LogP contribution in [0.3, 0.4) is 0 Å². The molecule has 0 fully saturated rings. The maximum absolute atomic E-state index is 2.41. The van der Waals surface area contributed by atoms with Gasteiger partial charge >= 0.3 is 0 Å². The Kier molecular flexibility index (Phi) is 6.60. The van der Waals surface area contributed by atoms with Gasteiger partial charge in [0.05, 0.1) is 0 Å². The van der Waals surface area contributed by atoms with Crippen molar-refractivity contribution in [3.63, 3.8) is 0 Å². The highest BCUT2D eigenvalue weighted by Crippen LogP contribution is 2.46. The van der Waals surface area contributed by atoms with Crippen LogP contribution < -0.4 is 0 Å². The van der Waals surface area contributed by atoms with Gasteiger partial charge in [-0.05, 0) is 123 Å². The summed E-state index contributed by atoms with van der Waals surface area (Å²) in [5, 5.41) is 12.7. The molecule has 0 unspecified atom stereocenters. The zero-order valence-electron chi connectivity index (χ0n) is 27.5. The minimum Gasteiger partial charge on any atom is -0.0622 e. The maximum atomic E-state index is 2.41. The third kappa shape index (κ3) is 4.61. The molecule has 0 nitrogen and oxygen atoms in total. The van der Waals surface area contributed by atoms with Crippen molar-refractivity contribution in [2.24, 2.45) is 0 Å². The van der Waals surface area contributed by atoms with Crippen molar-refractivity contribution < 1.29 is 0 Å². The number of hydrogen-bond acceptors (Lipinski definition) is 0. The molecule has 0 saturated heterocycles. The predicted octanol–water partition coefficient (Wildman–Crippen LogP) is 14.1. The second-order valence-corrected chi connectivity index (χ2v) is 13.3. The van der Waals surface area contributed by atoms with Gasteiger partial charge in [-0.2, -0.15) is 0 Å². The van der Waals surface area contributed by atoms with Crippen molar-refractivity contribution in [2.45, 2.75) is 0 Å². The van der Waals surface area contributed by atoms with Gasteiger partial charge in [0, 0.05) is 0 Å². The first kappa shape index (κ1) is 28.5. The molecule has 10 rings (SSSR count). The number of benzene rings is 10. The van der Waals surface area contributed by atoms with Crippen LogP contribution >= 0.6 is 0 Å². The lowest BCUT2D eigenvalue weighted by Gasteiger charge is -2.20. The van der Waals surface area contributed by atoms with E-state index in [2.05, 4.69) is 194 Å². The Bertz CT molecular complexity index is 2910. The SMILES string of the molecule is c1ccc(-c2ccc3c(-c4cccc(-c5cc6ccccc6c6ccccc56)c4)c4ccccc4c(-c4ccc5ccccc5c4)c3c2)cc1. The molecule has 0 saturated carbocycles. The van der Waals surface area contributed by atoms with E-state index in [1.807, 2.05) is 0 Å². The van der Waals surface area contributed by atoms with Crippen LogP contribution in [0.5, 0.6) is 0 Å². The lowest BCUT2D eigenvalue weighted by molar-refractivity contribution is 1.63. The second-order valence-electron chi connectivity index (χ2n) is 13.3. The molecule has 0 atom stereocenters. The molecule has 0 heterocycles. The van der Waals surface area contributed by atoms with Crippen LogP contribution in [-0.2, 0) is 0 Å². The Hall–Kier alpha value is -6.50. The third-order valence-corrected chi connectivity index (χ3v) is 10.4. The number of fused-ring (bicyclic) bond motifs is 6. The van der Waals surface area contributed by atoms with Gasteiger partial charge in [0.1, 0.15) is 0 Å². The third-order valence-electron chi connectivity index (χ3n) is 10.4. The quantitative estimate of drug-likeness (QED) is 0.134. The van der Waals surface area contributed by atoms with Gasteiger partial charge < -0.3 is 0 Å². The molecule has 0 aliphatic carbocycles. The summed E-state index contributed by atoms with van der Waals surface area (Å²) in [4.78, 5) is 0. The van der Waals surface area contributed by atoms with Gasteiger partial charge in [-0.1, -0.05) is 170 Å². The zero-order chi connectivity index (χ0) is 33.0. The van der Waals surface area contributed by atoms with Gasteiger partial charge in [-0.15, -0.1) is 0 Å². The van der Waals surface area contributed by atoms with E-state index >= 15 is 0 Å². The van der Waals surface area contributed by atoms with Gasteiger partial charge in [0.25, 0.3) is 0 Å². The summed E-state index contributed by atoms with van der Waals surface area (Å²) in [7, 11) is 0. The molecule has 0 amide bonds. The summed E-state index contributed by atoms with van der Waals surface area (Å²) >= 11 is 0. The van der Waals surface area contributed by atoms with Crippen LogP contribution in [0.2, 0.25) is 0 Å². The Morgan fingerprint density at radius 1 is 0.200 bits per heavy atom. The van der Waals surface area contributed by atoms with E-state index in [9.17, 15) is 0 Å². The molecule has 0 bridgehead atoms. The number of hydrogen-bond donors (Lipinski definition) is 0. The van der Waals surface area contributed by atoms with Crippen molar-refractivity contribution >= 4 is 53.9 Å². The molecule has 232 valence electrons. The van der Waals surface area contributed by atoms with E-state index in [-0.39, 0.29) is 0 Å². The van der Waals surface area contributed by atoms with Crippen molar-refractivity contribution in [1.82, 2.24) is 0 Å². The van der Waals surface area contributed by atoms with E-state index < -0.39 is 0 Å². The molecule has 10 aromatic carbocycles. The summed E-state index contributed by atoms with van der Waals surface area (Å²) in [6.45, 7) is 0. The smallest absolute Gasteiger partial charge is 0.00259 e. The molecule has 10 aromatic rings. The van der Waals surface area contributed by atoms with Gasteiger partial charge in [-0.3, -0.25) is 0 Å². The highest BCUT2D eigenvalue weighted by molar-refractivity contribution is 6.22. The first-order chi connectivity index (χ1) is 24.8. The topological polar surface area (TPSA) is 0 Å². The summed E-state index contributed by atoms with van der Waals surface area (Å²) in [6.07, 6.45) is 0. The molecule has 0 spiro atoms. The summed E-state index contributed by atoms with van der Waals surface area (Å²) in [5.74, 6) is 0. The van der Waals surface area contributed by atoms with E-state index in [4.69, 9.17) is 0 Å². The van der Waals surface area contributed by atoms with Gasteiger partial charge in [0.15, 0.2) is 0 Å². The molecule has 0 aliphatic rings. The van der Waals surface area contributed by atoms with Gasteiger partial charge in [-0.25, -0.2) is 0 Å². The maximum Gasteiger partial charge on any atom is -0.00259 e. The Balaban J connectivity index is 1.27. The van der Waals surface area contributed by atoms with Crippen LogP contribution in [0.4, 0.5) is 0 Å². The predicted molar refractivity (Wildman–Crippen MR) is 216 cm³/mol. The van der Waals surface area contributed by atoms with Crippen molar-refractivity contribution in [3.05, 3.63) is 194 Å². The highest BCUT2D eigenvalue weighted by atomic mass is 14.2. The fourth-order valence-electron chi connectivity index (χ4n) is 8.09. The van der Waals surface area contributed by atoms with Crippen LogP contribution in [0.1, 0.15) is 0 Å². The molecule has 0 radical (unpaired) electrons. The Morgan fingerprint density at radius 3 is 1.54 bits per heavy atom. The molecule has 0 aliphatic heterocycles. The fraction of sp³-hybridized carbons (Fsp3) is 0. The zero-order valence-corrected chi connectivity index (χ0v) is 27.5.